The van der Waals surface area contributed by atoms with E-state index in [1.165, 1.54) is 33.6 Å². The molecule has 0 bridgehead atoms. The summed E-state index contributed by atoms with van der Waals surface area (Å²) in [6.07, 6.45) is 6.52. The van der Waals surface area contributed by atoms with Crippen molar-refractivity contribution in [3.63, 3.8) is 0 Å². The number of hydrogen-bond donors (Lipinski definition) is 0. The van der Waals surface area contributed by atoms with Gasteiger partial charge in [-0.1, -0.05) is 40.9 Å². The van der Waals surface area contributed by atoms with Gasteiger partial charge < -0.3 is 0 Å². The van der Waals surface area contributed by atoms with Crippen molar-refractivity contribution in [2.24, 2.45) is 15.8 Å². The van der Waals surface area contributed by atoms with Crippen LogP contribution in [0.1, 0.15) is 67.2 Å². The molecule has 0 saturated heterocycles. The highest BCUT2D eigenvalue weighted by molar-refractivity contribution is 5.82. The Morgan fingerprint density at radius 3 is 1.95 bits per heavy atom. The molecule has 0 unspecified atom stereocenters. The number of allylic oxidation sites excluding steroid dienone is 6. The molecule has 0 aromatic heterocycles. The van der Waals surface area contributed by atoms with Gasteiger partial charge in [0.05, 0.1) is 0 Å². The Bertz CT molecular complexity index is 552. The Hall–Kier alpha value is -1.37. The molecule has 0 aromatic carbocycles. The van der Waals surface area contributed by atoms with E-state index in [0.29, 0.717) is 0 Å². The van der Waals surface area contributed by atoms with Crippen molar-refractivity contribution in [2.75, 3.05) is 0 Å². The van der Waals surface area contributed by atoms with Gasteiger partial charge in [0.1, 0.15) is 0 Å². The standard InChI is InChI=1S/C21H31N/c1-14-16(3)20(5,6)11-9-18(14)13-22-19-10-12-21(7,8)17(4)15(19)2/h13H,3-4,9-12H2,1-2,5-8H3. The van der Waals surface area contributed by atoms with Gasteiger partial charge in [-0.2, -0.15) is 0 Å². The van der Waals surface area contributed by atoms with Crippen LogP contribution in [0.15, 0.2) is 51.7 Å². The Labute approximate surface area is 136 Å². The summed E-state index contributed by atoms with van der Waals surface area (Å²) in [5.41, 5.74) is 8.10. The fourth-order valence-corrected chi connectivity index (χ4v) is 3.42. The lowest BCUT2D eigenvalue weighted by molar-refractivity contribution is 0.397. The first-order chi connectivity index (χ1) is 10.1. The normalized spacial score (nSPS) is 25.4. The van der Waals surface area contributed by atoms with Gasteiger partial charge in [-0.15, -0.1) is 0 Å². The molecule has 0 atom stereocenters. The molecule has 2 aliphatic carbocycles. The van der Waals surface area contributed by atoms with Crippen LogP contribution in [-0.2, 0) is 0 Å². The van der Waals surface area contributed by atoms with Gasteiger partial charge >= 0.3 is 0 Å². The Morgan fingerprint density at radius 1 is 0.864 bits per heavy atom. The molecule has 120 valence electrons. The molecule has 0 aromatic rings. The van der Waals surface area contributed by atoms with Gasteiger partial charge in [-0.25, -0.2) is 0 Å². The van der Waals surface area contributed by atoms with Crippen LogP contribution in [-0.4, -0.2) is 6.21 Å². The van der Waals surface area contributed by atoms with E-state index in [0.717, 1.165) is 25.7 Å². The van der Waals surface area contributed by atoms with Crippen molar-refractivity contribution < 1.29 is 0 Å². The summed E-state index contributed by atoms with van der Waals surface area (Å²) in [7, 11) is 0. The van der Waals surface area contributed by atoms with Crippen molar-refractivity contribution in [3.8, 4) is 0 Å². The minimum absolute atomic E-state index is 0.210. The number of hydrogen-bond acceptors (Lipinski definition) is 1. The monoisotopic (exact) mass is 297 g/mol. The highest BCUT2D eigenvalue weighted by atomic mass is 14.7. The van der Waals surface area contributed by atoms with Crippen LogP contribution < -0.4 is 0 Å². The molecular formula is C21H31N. The van der Waals surface area contributed by atoms with Crippen molar-refractivity contribution in [1.82, 2.24) is 0 Å². The van der Waals surface area contributed by atoms with E-state index in [9.17, 15) is 0 Å². The predicted octanol–water partition coefficient (Wildman–Crippen LogP) is 6.40. The van der Waals surface area contributed by atoms with Crippen LogP contribution in [0.25, 0.3) is 0 Å². The zero-order valence-electron chi connectivity index (χ0n) is 15.3. The van der Waals surface area contributed by atoms with E-state index in [2.05, 4.69) is 60.9 Å². The molecule has 0 radical (unpaired) electrons. The maximum atomic E-state index is 4.83. The molecule has 22 heavy (non-hydrogen) atoms. The van der Waals surface area contributed by atoms with E-state index in [1.807, 2.05) is 0 Å². The minimum atomic E-state index is 0.210. The second-order valence-electron chi connectivity index (χ2n) is 8.21. The molecule has 0 fully saturated rings. The summed E-state index contributed by atoms with van der Waals surface area (Å²) in [6.45, 7) is 22.1. The lowest BCUT2D eigenvalue weighted by Gasteiger charge is -2.34. The molecule has 0 saturated carbocycles. The second kappa shape index (κ2) is 5.68. The van der Waals surface area contributed by atoms with E-state index in [4.69, 9.17) is 4.99 Å². The van der Waals surface area contributed by atoms with Crippen molar-refractivity contribution in [2.45, 2.75) is 67.2 Å². The maximum Gasteiger partial charge on any atom is 0.0435 e. The highest BCUT2D eigenvalue weighted by Gasteiger charge is 2.30. The SMILES string of the molecule is C=C1C(C)=C(C=NC2=C(C)C(=C)C(C)(C)CC2)CCC1(C)C. The summed E-state index contributed by atoms with van der Waals surface area (Å²) in [5.74, 6) is 0. The molecule has 0 aliphatic heterocycles. The predicted molar refractivity (Wildman–Crippen MR) is 98.2 cm³/mol. The maximum absolute atomic E-state index is 4.83. The smallest absolute Gasteiger partial charge is 0.0435 e. The lowest BCUT2D eigenvalue weighted by Crippen LogP contribution is -2.21. The van der Waals surface area contributed by atoms with Crippen LogP contribution in [0.4, 0.5) is 0 Å². The summed E-state index contributed by atoms with van der Waals surface area (Å²) < 4.78 is 0. The number of aliphatic imine (C=N–C) groups is 1. The Balaban J connectivity index is 2.27. The second-order valence-corrected chi connectivity index (χ2v) is 8.21. The average Bonchev–Trinajstić information content (AvgIpc) is 2.44. The first-order valence-electron chi connectivity index (χ1n) is 8.39. The Morgan fingerprint density at radius 2 is 1.36 bits per heavy atom. The van der Waals surface area contributed by atoms with Gasteiger partial charge in [-0.3, -0.25) is 4.99 Å². The zero-order valence-corrected chi connectivity index (χ0v) is 15.3. The molecule has 2 rings (SSSR count). The summed E-state index contributed by atoms with van der Waals surface area (Å²) in [5, 5.41) is 0. The third kappa shape index (κ3) is 3.04. The van der Waals surface area contributed by atoms with Gasteiger partial charge in [-0.05, 0) is 78.2 Å². The first-order valence-corrected chi connectivity index (χ1v) is 8.39. The van der Waals surface area contributed by atoms with E-state index in [1.54, 1.807) is 0 Å². The summed E-state index contributed by atoms with van der Waals surface area (Å²) in [4.78, 5) is 4.83. The lowest BCUT2D eigenvalue weighted by atomic mass is 9.71. The molecule has 0 spiro atoms. The summed E-state index contributed by atoms with van der Waals surface area (Å²) >= 11 is 0. The van der Waals surface area contributed by atoms with E-state index < -0.39 is 0 Å². The Kier molecular flexibility index (Phi) is 4.39. The van der Waals surface area contributed by atoms with Gasteiger partial charge in [0.15, 0.2) is 0 Å². The van der Waals surface area contributed by atoms with Crippen LogP contribution in [0, 0.1) is 10.8 Å². The van der Waals surface area contributed by atoms with Crippen molar-refractivity contribution in [3.05, 3.63) is 46.7 Å². The van der Waals surface area contributed by atoms with Crippen LogP contribution in [0.5, 0.6) is 0 Å². The molecule has 0 heterocycles. The summed E-state index contributed by atoms with van der Waals surface area (Å²) in [6, 6.07) is 0. The van der Waals surface area contributed by atoms with Crippen LogP contribution in [0.3, 0.4) is 0 Å². The topological polar surface area (TPSA) is 12.4 Å². The van der Waals surface area contributed by atoms with Crippen LogP contribution in [0.2, 0.25) is 0 Å². The van der Waals surface area contributed by atoms with Gasteiger partial charge in [0.25, 0.3) is 0 Å². The van der Waals surface area contributed by atoms with Crippen molar-refractivity contribution in [1.29, 1.82) is 0 Å². The molecule has 2 aliphatic rings. The fourth-order valence-electron chi connectivity index (χ4n) is 3.42. The third-order valence-electron chi connectivity index (χ3n) is 5.84. The number of nitrogens with zero attached hydrogens (tertiary/aromatic N) is 1. The quantitative estimate of drug-likeness (QED) is 0.523. The molecular weight excluding hydrogens is 266 g/mol. The molecule has 0 N–H and O–H groups in total. The van der Waals surface area contributed by atoms with Gasteiger partial charge in [0.2, 0.25) is 0 Å². The third-order valence-corrected chi connectivity index (χ3v) is 5.84. The average molecular weight is 297 g/mol. The molecule has 1 heteroatoms. The fraction of sp³-hybridized carbons (Fsp3) is 0.571. The van der Waals surface area contributed by atoms with E-state index >= 15 is 0 Å². The van der Waals surface area contributed by atoms with Crippen LogP contribution >= 0.6 is 0 Å². The van der Waals surface area contributed by atoms with E-state index in [-0.39, 0.29) is 10.8 Å². The number of rotatable bonds is 2. The van der Waals surface area contributed by atoms with Gasteiger partial charge in [0, 0.05) is 11.9 Å². The molecule has 1 nitrogen and oxygen atoms in total. The minimum Gasteiger partial charge on any atom is -0.261 e. The van der Waals surface area contributed by atoms with Crippen molar-refractivity contribution >= 4 is 6.21 Å². The largest absolute Gasteiger partial charge is 0.261 e. The highest BCUT2D eigenvalue weighted by Crippen LogP contribution is 2.43. The zero-order chi connectivity index (χ0) is 16.7. The molecule has 0 amide bonds. The first kappa shape index (κ1) is 17.0.